The zero-order valence-electron chi connectivity index (χ0n) is 9.84. The number of aryl methyl sites for hydroxylation is 2. The van der Waals surface area contributed by atoms with E-state index in [0.717, 1.165) is 16.9 Å². The molecule has 2 rings (SSSR count). The van der Waals surface area contributed by atoms with Crippen molar-refractivity contribution in [3.8, 4) is 0 Å². The predicted molar refractivity (Wildman–Crippen MR) is 72.5 cm³/mol. The van der Waals surface area contributed by atoms with Gasteiger partial charge in [0, 0.05) is 9.75 Å². The van der Waals surface area contributed by atoms with Gasteiger partial charge in [-0.3, -0.25) is 0 Å². The first-order valence-corrected chi connectivity index (χ1v) is 6.86. The van der Waals surface area contributed by atoms with E-state index in [1.165, 1.54) is 10.9 Å². The monoisotopic (exact) mass is 268 g/mol. The molecule has 1 heterocycles. The SMILES string of the molecule is CCc1ccc(C(Cl)c2ccc(F)c(C)c2)s1. The van der Waals surface area contributed by atoms with Crippen molar-refractivity contribution in [1.82, 2.24) is 0 Å². The summed E-state index contributed by atoms with van der Waals surface area (Å²) in [7, 11) is 0. The molecule has 0 radical (unpaired) electrons. The Morgan fingerprint density at radius 1 is 1.29 bits per heavy atom. The van der Waals surface area contributed by atoms with Crippen LogP contribution in [0.5, 0.6) is 0 Å². The summed E-state index contributed by atoms with van der Waals surface area (Å²) < 4.78 is 13.2. The minimum absolute atomic E-state index is 0.181. The molecule has 1 aromatic heterocycles. The zero-order chi connectivity index (χ0) is 12.4. The molecule has 1 atom stereocenters. The first-order valence-electron chi connectivity index (χ1n) is 5.60. The highest BCUT2D eigenvalue weighted by Gasteiger charge is 2.14. The third kappa shape index (κ3) is 2.70. The van der Waals surface area contributed by atoms with Gasteiger partial charge in [0.25, 0.3) is 0 Å². The lowest BCUT2D eigenvalue weighted by molar-refractivity contribution is 0.617. The van der Waals surface area contributed by atoms with Gasteiger partial charge in [-0.05, 0) is 42.7 Å². The minimum Gasteiger partial charge on any atom is -0.207 e. The van der Waals surface area contributed by atoms with Gasteiger partial charge in [-0.15, -0.1) is 22.9 Å². The highest BCUT2D eigenvalue weighted by atomic mass is 35.5. The molecule has 2 aromatic rings. The number of benzene rings is 1. The highest BCUT2D eigenvalue weighted by molar-refractivity contribution is 7.12. The Balaban J connectivity index is 2.29. The van der Waals surface area contributed by atoms with Crippen molar-refractivity contribution < 1.29 is 4.39 Å². The molecule has 0 fully saturated rings. The van der Waals surface area contributed by atoms with Gasteiger partial charge in [-0.1, -0.05) is 19.1 Å². The second kappa shape index (κ2) is 5.19. The lowest BCUT2D eigenvalue weighted by Crippen LogP contribution is -1.92. The molecule has 0 spiro atoms. The average Bonchev–Trinajstić information content (AvgIpc) is 2.80. The quantitative estimate of drug-likeness (QED) is 0.681. The second-order valence-electron chi connectivity index (χ2n) is 4.03. The molecule has 17 heavy (non-hydrogen) atoms. The summed E-state index contributed by atoms with van der Waals surface area (Å²) >= 11 is 8.13. The van der Waals surface area contributed by atoms with E-state index in [-0.39, 0.29) is 11.2 Å². The van der Waals surface area contributed by atoms with Crippen molar-refractivity contribution in [2.45, 2.75) is 25.6 Å². The first kappa shape index (κ1) is 12.6. The Labute approximate surface area is 110 Å². The molecule has 0 saturated heterocycles. The van der Waals surface area contributed by atoms with E-state index < -0.39 is 0 Å². The summed E-state index contributed by atoms with van der Waals surface area (Å²) in [5.41, 5.74) is 1.59. The summed E-state index contributed by atoms with van der Waals surface area (Å²) in [4.78, 5) is 2.44. The van der Waals surface area contributed by atoms with Crippen LogP contribution in [0.2, 0.25) is 0 Å². The number of hydrogen-bond donors (Lipinski definition) is 0. The first-order chi connectivity index (χ1) is 8.11. The normalized spacial score (nSPS) is 12.7. The molecule has 90 valence electrons. The van der Waals surface area contributed by atoms with Gasteiger partial charge in [0.1, 0.15) is 5.82 Å². The predicted octanol–water partition coefficient (Wildman–Crippen LogP) is 5.09. The van der Waals surface area contributed by atoms with E-state index >= 15 is 0 Å². The highest BCUT2D eigenvalue weighted by Crippen LogP contribution is 2.34. The Bertz CT molecular complexity index is 519. The smallest absolute Gasteiger partial charge is 0.126 e. The molecule has 0 saturated carbocycles. The van der Waals surface area contributed by atoms with Crippen LogP contribution in [0.15, 0.2) is 30.3 Å². The van der Waals surface area contributed by atoms with E-state index in [0.29, 0.717) is 5.56 Å². The van der Waals surface area contributed by atoms with Gasteiger partial charge in [-0.25, -0.2) is 4.39 Å². The fourth-order valence-corrected chi connectivity index (χ4v) is 3.01. The van der Waals surface area contributed by atoms with Crippen molar-refractivity contribution in [3.63, 3.8) is 0 Å². The number of halogens is 2. The number of thiophene rings is 1. The molecular formula is C14H14ClFS. The summed E-state index contributed by atoms with van der Waals surface area (Å²) in [6, 6.07) is 9.21. The molecule has 0 aliphatic heterocycles. The fourth-order valence-electron chi connectivity index (χ4n) is 1.71. The van der Waals surface area contributed by atoms with E-state index in [1.807, 2.05) is 6.07 Å². The van der Waals surface area contributed by atoms with Crippen molar-refractivity contribution in [2.24, 2.45) is 0 Å². The lowest BCUT2D eigenvalue weighted by Gasteiger charge is -2.09. The van der Waals surface area contributed by atoms with Crippen molar-refractivity contribution >= 4 is 22.9 Å². The van der Waals surface area contributed by atoms with Gasteiger partial charge >= 0.3 is 0 Å². The molecule has 0 nitrogen and oxygen atoms in total. The van der Waals surface area contributed by atoms with E-state index in [4.69, 9.17) is 11.6 Å². The maximum atomic E-state index is 13.2. The minimum atomic E-state index is -0.182. The Morgan fingerprint density at radius 2 is 2.06 bits per heavy atom. The van der Waals surface area contributed by atoms with Crippen molar-refractivity contribution in [1.29, 1.82) is 0 Å². The molecule has 1 unspecified atom stereocenters. The van der Waals surface area contributed by atoms with Crippen LogP contribution < -0.4 is 0 Å². The molecule has 0 aliphatic rings. The van der Waals surface area contributed by atoms with Gasteiger partial charge in [-0.2, -0.15) is 0 Å². The van der Waals surface area contributed by atoms with Crippen LogP contribution >= 0.6 is 22.9 Å². The third-order valence-electron chi connectivity index (χ3n) is 2.76. The van der Waals surface area contributed by atoms with Crippen LogP contribution in [-0.4, -0.2) is 0 Å². The van der Waals surface area contributed by atoms with Gasteiger partial charge < -0.3 is 0 Å². The Morgan fingerprint density at radius 3 is 2.65 bits per heavy atom. The second-order valence-corrected chi connectivity index (χ2v) is 5.67. The molecule has 1 aromatic carbocycles. The number of rotatable bonds is 3. The van der Waals surface area contributed by atoms with Crippen LogP contribution in [0.25, 0.3) is 0 Å². The summed E-state index contributed by atoms with van der Waals surface area (Å²) in [6.07, 6.45) is 1.02. The zero-order valence-corrected chi connectivity index (χ0v) is 11.4. The third-order valence-corrected chi connectivity index (χ3v) is 4.67. The largest absolute Gasteiger partial charge is 0.207 e. The molecule has 0 aliphatic carbocycles. The van der Waals surface area contributed by atoms with Gasteiger partial charge in [0.15, 0.2) is 0 Å². The maximum Gasteiger partial charge on any atom is 0.126 e. The molecule has 0 N–H and O–H groups in total. The van der Waals surface area contributed by atoms with Crippen LogP contribution in [0.1, 0.15) is 33.2 Å². The van der Waals surface area contributed by atoms with Crippen molar-refractivity contribution in [3.05, 3.63) is 57.0 Å². The summed E-state index contributed by atoms with van der Waals surface area (Å²) in [5.74, 6) is -0.182. The van der Waals surface area contributed by atoms with Crippen LogP contribution in [0, 0.1) is 12.7 Å². The van der Waals surface area contributed by atoms with Gasteiger partial charge in [0.05, 0.1) is 5.38 Å². The molecule has 3 heteroatoms. The van der Waals surface area contributed by atoms with Crippen LogP contribution in [0.4, 0.5) is 4.39 Å². The number of hydrogen-bond acceptors (Lipinski definition) is 1. The Kier molecular flexibility index (Phi) is 3.85. The molecule has 0 bridgehead atoms. The van der Waals surface area contributed by atoms with E-state index in [1.54, 1.807) is 24.3 Å². The fraction of sp³-hybridized carbons (Fsp3) is 0.286. The van der Waals surface area contributed by atoms with E-state index in [9.17, 15) is 4.39 Å². The Hall–Kier alpha value is -0.860. The summed E-state index contributed by atoms with van der Waals surface area (Å²) in [5, 5.41) is -0.181. The standard InChI is InChI=1S/C14H14ClFS/c1-3-11-5-7-13(17-11)14(15)10-4-6-12(16)9(2)8-10/h4-8,14H,3H2,1-2H3. The average molecular weight is 269 g/mol. The van der Waals surface area contributed by atoms with Crippen molar-refractivity contribution in [2.75, 3.05) is 0 Å². The topological polar surface area (TPSA) is 0 Å². The molecule has 0 amide bonds. The lowest BCUT2D eigenvalue weighted by atomic mass is 10.1. The molecular weight excluding hydrogens is 255 g/mol. The maximum absolute atomic E-state index is 13.2. The van der Waals surface area contributed by atoms with Crippen LogP contribution in [-0.2, 0) is 6.42 Å². The number of alkyl halides is 1. The summed E-state index contributed by atoms with van der Waals surface area (Å²) in [6.45, 7) is 3.88. The van der Waals surface area contributed by atoms with E-state index in [2.05, 4.69) is 19.1 Å². The van der Waals surface area contributed by atoms with Crippen LogP contribution in [0.3, 0.4) is 0 Å². The van der Waals surface area contributed by atoms with Gasteiger partial charge in [0.2, 0.25) is 0 Å².